The Kier molecular flexibility index (Phi) is 3.45. The zero-order valence-corrected chi connectivity index (χ0v) is 10.7. The van der Waals surface area contributed by atoms with Gasteiger partial charge in [0.1, 0.15) is 0 Å². The van der Waals surface area contributed by atoms with Crippen molar-refractivity contribution in [1.82, 2.24) is 8.61 Å². The van der Waals surface area contributed by atoms with Crippen LogP contribution in [0.4, 0.5) is 0 Å². The van der Waals surface area contributed by atoms with Crippen molar-refractivity contribution in [3.05, 3.63) is 0 Å². The lowest BCUT2D eigenvalue weighted by Gasteiger charge is -2.41. The number of hydrogen-bond acceptors (Lipinski definition) is 3. The molecule has 1 atom stereocenters. The lowest BCUT2D eigenvalue weighted by Crippen LogP contribution is -2.56. The van der Waals surface area contributed by atoms with Gasteiger partial charge < -0.3 is 5.73 Å². The predicted octanol–water partition coefficient (Wildman–Crippen LogP) is -0.148. The zero-order chi connectivity index (χ0) is 11.9. The van der Waals surface area contributed by atoms with Crippen LogP contribution in [0.5, 0.6) is 0 Å². The molecule has 6 heteroatoms. The van der Waals surface area contributed by atoms with Crippen LogP contribution in [-0.2, 0) is 10.2 Å². The summed E-state index contributed by atoms with van der Waals surface area (Å²) < 4.78 is 26.4. The summed E-state index contributed by atoms with van der Waals surface area (Å²) in [6.45, 7) is 5.13. The van der Waals surface area contributed by atoms with Crippen molar-refractivity contribution in [3.8, 4) is 0 Å². The minimum atomic E-state index is -3.30. The Morgan fingerprint density at radius 2 is 1.93 bits per heavy atom. The molecule has 5 nitrogen and oxygen atoms in total. The van der Waals surface area contributed by atoms with E-state index < -0.39 is 10.2 Å². The molecule has 1 fully saturated rings. The maximum Gasteiger partial charge on any atom is 0.281 e. The third-order valence-corrected chi connectivity index (χ3v) is 5.10. The standard InChI is InChI=1S/C9H21N3O2S/c1-9(2)5-6-12(7-8(9)10)15(13,14)11(3)4/h8H,5-7,10H2,1-4H3. The van der Waals surface area contributed by atoms with Crippen LogP contribution in [0.1, 0.15) is 20.3 Å². The highest BCUT2D eigenvalue weighted by atomic mass is 32.2. The van der Waals surface area contributed by atoms with Crippen LogP contribution >= 0.6 is 0 Å². The molecule has 0 bridgehead atoms. The molecule has 1 unspecified atom stereocenters. The number of piperidine rings is 1. The third-order valence-electron chi connectivity index (χ3n) is 3.20. The maximum absolute atomic E-state index is 11.8. The molecule has 1 rings (SSSR count). The molecule has 0 aliphatic carbocycles. The largest absolute Gasteiger partial charge is 0.326 e. The smallest absolute Gasteiger partial charge is 0.281 e. The minimum absolute atomic E-state index is 0.0261. The summed E-state index contributed by atoms with van der Waals surface area (Å²) in [5.74, 6) is 0. The van der Waals surface area contributed by atoms with Crippen LogP contribution in [0.2, 0.25) is 0 Å². The first-order chi connectivity index (χ1) is 6.68. The molecule has 0 spiro atoms. The van der Waals surface area contributed by atoms with Crippen LogP contribution in [0.25, 0.3) is 0 Å². The van der Waals surface area contributed by atoms with E-state index >= 15 is 0 Å². The quantitative estimate of drug-likeness (QED) is 0.724. The molecule has 0 radical (unpaired) electrons. The second-order valence-electron chi connectivity index (χ2n) is 4.99. The summed E-state index contributed by atoms with van der Waals surface area (Å²) in [4.78, 5) is 0. The van der Waals surface area contributed by atoms with Gasteiger partial charge >= 0.3 is 0 Å². The molecule has 1 aliphatic heterocycles. The molecule has 0 aromatic rings. The van der Waals surface area contributed by atoms with Crippen LogP contribution in [0.3, 0.4) is 0 Å². The monoisotopic (exact) mass is 235 g/mol. The molecule has 0 aromatic heterocycles. The summed E-state index contributed by atoms with van der Waals surface area (Å²) >= 11 is 0. The Hall–Kier alpha value is -0.170. The SMILES string of the molecule is CN(C)S(=O)(=O)N1CCC(C)(C)C(N)C1. The molecular weight excluding hydrogens is 214 g/mol. The van der Waals surface area contributed by atoms with Crippen molar-refractivity contribution >= 4 is 10.2 Å². The highest BCUT2D eigenvalue weighted by Gasteiger charge is 2.38. The van der Waals surface area contributed by atoms with Gasteiger partial charge in [0.2, 0.25) is 0 Å². The van der Waals surface area contributed by atoms with E-state index in [2.05, 4.69) is 13.8 Å². The third kappa shape index (κ3) is 2.50. The van der Waals surface area contributed by atoms with Crippen molar-refractivity contribution in [3.63, 3.8) is 0 Å². The second-order valence-corrected chi connectivity index (χ2v) is 7.14. The summed E-state index contributed by atoms with van der Waals surface area (Å²) in [5, 5.41) is 0. The number of nitrogens with zero attached hydrogens (tertiary/aromatic N) is 2. The van der Waals surface area contributed by atoms with Crippen LogP contribution < -0.4 is 5.73 Å². The highest BCUT2D eigenvalue weighted by molar-refractivity contribution is 7.86. The van der Waals surface area contributed by atoms with E-state index in [-0.39, 0.29) is 11.5 Å². The average Bonchev–Trinajstić information content (AvgIpc) is 2.09. The molecule has 0 amide bonds. The first-order valence-corrected chi connectivity index (χ1v) is 6.51. The molecule has 0 saturated carbocycles. The number of nitrogens with two attached hydrogens (primary N) is 1. The van der Waals surface area contributed by atoms with E-state index in [0.29, 0.717) is 13.1 Å². The van der Waals surface area contributed by atoms with Crippen molar-refractivity contribution < 1.29 is 8.42 Å². The molecular formula is C9H21N3O2S. The fraction of sp³-hybridized carbons (Fsp3) is 1.00. The van der Waals surface area contributed by atoms with E-state index in [1.54, 1.807) is 14.1 Å². The van der Waals surface area contributed by atoms with Gasteiger partial charge in [-0.25, -0.2) is 0 Å². The van der Waals surface area contributed by atoms with E-state index in [9.17, 15) is 8.42 Å². The van der Waals surface area contributed by atoms with Gasteiger partial charge in [-0.05, 0) is 11.8 Å². The summed E-state index contributed by atoms with van der Waals surface area (Å²) in [6.07, 6.45) is 0.807. The van der Waals surface area contributed by atoms with E-state index in [1.165, 1.54) is 8.61 Å². The van der Waals surface area contributed by atoms with Crippen molar-refractivity contribution in [2.45, 2.75) is 26.3 Å². The lowest BCUT2D eigenvalue weighted by atomic mass is 9.79. The first-order valence-electron chi connectivity index (χ1n) is 5.11. The van der Waals surface area contributed by atoms with Crippen molar-refractivity contribution in [2.75, 3.05) is 27.2 Å². The van der Waals surface area contributed by atoms with Gasteiger partial charge in [-0.3, -0.25) is 0 Å². The van der Waals surface area contributed by atoms with Gasteiger partial charge in [0.25, 0.3) is 10.2 Å². The van der Waals surface area contributed by atoms with Crippen LogP contribution in [0, 0.1) is 5.41 Å². The fourth-order valence-corrected chi connectivity index (χ4v) is 2.73. The maximum atomic E-state index is 11.8. The number of rotatable bonds is 2. The molecule has 2 N–H and O–H groups in total. The van der Waals surface area contributed by atoms with Gasteiger partial charge in [0, 0.05) is 33.2 Å². The summed E-state index contributed by atoms with van der Waals surface area (Å²) in [6, 6.07) is -0.0963. The van der Waals surface area contributed by atoms with E-state index in [1.807, 2.05) is 0 Å². The normalized spacial score (nSPS) is 28.3. The van der Waals surface area contributed by atoms with E-state index in [0.717, 1.165) is 6.42 Å². The topological polar surface area (TPSA) is 66.6 Å². The van der Waals surface area contributed by atoms with Gasteiger partial charge in [-0.1, -0.05) is 13.8 Å². The van der Waals surface area contributed by atoms with Gasteiger partial charge in [-0.15, -0.1) is 0 Å². The van der Waals surface area contributed by atoms with Gasteiger partial charge in [-0.2, -0.15) is 17.0 Å². The Morgan fingerprint density at radius 3 is 2.33 bits per heavy atom. The van der Waals surface area contributed by atoms with Crippen molar-refractivity contribution in [1.29, 1.82) is 0 Å². The number of hydrogen-bond donors (Lipinski definition) is 1. The lowest BCUT2D eigenvalue weighted by molar-refractivity contribution is 0.157. The average molecular weight is 235 g/mol. The molecule has 90 valence electrons. The predicted molar refractivity (Wildman–Crippen MR) is 60.6 cm³/mol. The molecule has 1 saturated heterocycles. The van der Waals surface area contributed by atoms with E-state index in [4.69, 9.17) is 5.73 Å². The molecule has 1 heterocycles. The van der Waals surface area contributed by atoms with Crippen molar-refractivity contribution in [2.24, 2.45) is 11.1 Å². The summed E-state index contributed by atoms with van der Waals surface area (Å²) in [5.41, 5.74) is 6.00. The molecule has 15 heavy (non-hydrogen) atoms. The fourth-order valence-electron chi connectivity index (χ4n) is 1.60. The highest BCUT2D eigenvalue weighted by Crippen LogP contribution is 2.30. The van der Waals surface area contributed by atoms with Crippen LogP contribution in [-0.4, -0.2) is 50.3 Å². The minimum Gasteiger partial charge on any atom is -0.326 e. The second kappa shape index (κ2) is 4.01. The Morgan fingerprint density at radius 1 is 1.40 bits per heavy atom. The zero-order valence-electron chi connectivity index (χ0n) is 9.90. The Labute approximate surface area is 92.4 Å². The Bertz CT molecular complexity index is 324. The van der Waals surface area contributed by atoms with Gasteiger partial charge in [0.05, 0.1) is 0 Å². The van der Waals surface area contributed by atoms with Gasteiger partial charge in [0.15, 0.2) is 0 Å². The Balaban J connectivity index is 2.79. The van der Waals surface area contributed by atoms with Crippen LogP contribution in [0.15, 0.2) is 0 Å². The molecule has 0 aromatic carbocycles. The first kappa shape index (κ1) is 12.9. The molecule has 1 aliphatic rings. The summed E-state index contributed by atoms with van der Waals surface area (Å²) in [7, 11) is -0.212.